The Bertz CT molecular complexity index is 107. The fourth-order valence-corrected chi connectivity index (χ4v) is 0.296. The van der Waals surface area contributed by atoms with Gasteiger partial charge in [0.1, 0.15) is 6.17 Å². The van der Waals surface area contributed by atoms with Gasteiger partial charge >= 0.3 is 0 Å². The average molecular weight is 127 g/mol. The van der Waals surface area contributed by atoms with Gasteiger partial charge in [0, 0.05) is 12.3 Å². The molecule has 0 fully saturated rings. The van der Waals surface area contributed by atoms with Crippen LogP contribution in [0.1, 0.15) is 6.92 Å². The fourth-order valence-electron chi connectivity index (χ4n) is 0.296. The highest BCUT2D eigenvalue weighted by atomic mass is 14.9. The Hall–Kier alpha value is -0.670. The van der Waals surface area contributed by atoms with Gasteiger partial charge in [-0.05, 0) is 6.92 Å². The first kappa shape index (κ1) is 8.33. The van der Waals surface area contributed by atoms with Crippen molar-refractivity contribution in [2.45, 2.75) is 19.1 Å². The molecule has 0 rings (SSSR count). The van der Waals surface area contributed by atoms with E-state index in [1.54, 1.807) is 12.3 Å². The SMILES string of the molecule is C=CC(N)N=CC(C)N. The molecule has 52 valence electrons. The molecule has 0 aromatic rings. The van der Waals surface area contributed by atoms with Crippen molar-refractivity contribution in [2.75, 3.05) is 0 Å². The monoisotopic (exact) mass is 127 g/mol. The first-order valence-electron chi connectivity index (χ1n) is 2.84. The van der Waals surface area contributed by atoms with Gasteiger partial charge in [-0.25, -0.2) is 0 Å². The summed E-state index contributed by atoms with van der Waals surface area (Å²) in [6, 6.07) is -0.0315. The molecule has 0 amide bonds. The van der Waals surface area contributed by atoms with Gasteiger partial charge in [0.05, 0.1) is 0 Å². The number of nitrogens with two attached hydrogens (primary N) is 2. The molecule has 0 aliphatic heterocycles. The molecule has 0 aliphatic rings. The Balaban J connectivity index is 3.56. The summed E-state index contributed by atoms with van der Waals surface area (Å²) in [6.45, 7) is 5.29. The van der Waals surface area contributed by atoms with Gasteiger partial charge in [0.25, 0.3) is 0 Å². The van der Waals surface area contributed by atoms with Crippen molar-refractivity contribution in [2.24, 2.45) is 16.5 Å². The van der Waals surface area contributed by atoms with Crippen LogP contribution < -0.4 is 11.5 Å². The van der Waals surface area contributed by atoms with Crippen LogP contribution in [0.5, 0.6) is 0 Å². The van der Waals surface area contributed by atoms with E-state index < -0.39 is 0 Å². The highest BCUT2D eigenvalue weighted by molar-refractivity contribution is 5.63. The molecule has 0 saturated carbocycles. The molecule has 0 aromatic heterocycles. The summed E-state index contributed by atoms with van der Waals surface area (Å²) in [5, 5.41) is 0. The van der Waals surface area contributed by atoms with Gasteiger partial charge in [-0.1, -0.05) is 12.7 Å². The quantitative estimate of drug-likeness (QED) is 0.410. The van der Waals surface area contributed by atoms with E-state index in [1.807, 2.05) is 6.92 Å². The predicted octanol–water partition coefficient (Wildman–Crippen LogP) is -0.125. The van der Waals surface area contributed by atoms with Crippen LogP contribution in [0.25, 0.3) is 0 Å². The van der Waals surface area contributed by atoms with Crippen molar-refractivity contribution in [1.29, 1.82) is 0 Å². The zero-order chi connectivity index (χ0) is 7.28. The zero-order valence-electron chi connectivity index (χ0n) is 5.62. The fraction of sp³-hybridized carbons (Fsp3) is 0.500. The largest absolute Gasteiger partial charge is 0.323 e. The normalized spacial score (nSPS) is 17.7. The molecule has 0 aromatic carbocycles. The van der Waals surface area contributed by atoms with Crippen LogP contribution in [-0.2, 0) is 0 Å². The van der Waals surface area contributed by atoms with E-state index in [2.05, 4.69) is 11.6 Å². The minimum Gasteiger partial charge on any atom is -0.323 e. The summed E-state index contributed by atoms with van der Waals surface area (Å²) >= 11 is 0. The van der Waals surface area contributed by atoms with Gasteiger partial charge in [0.15, 0.2) is 0 Å². The zero-order valence-corrected chi connectivity index (χ0v) is 5.62. The second-order valence-electron chi connectivity index (χ2n) is 1.88. The molecule has 4 N–H and O–H groups in total. The van der Waals surface area contributed by atoms with Crippen LogP contribution in [0.2, 0.25) is 0 Å². The molecular weight excluding hydrogens is 114 g/mol. The molecule has 0 aliphatic carbocycles. The summed E-state index contributed by atoms with van der Waals surface area (Å²) in [7, 11) is 0. The third kappa shape index (κ3) is 5.20. The lowest BCUT2D eigenvalue weighted by Gasteiger charge is -1.97. The highest BCUT2D eigenvalue weighted by Crippen LogP contribution is 1.79. The van der Waals surface area contributed by atoms with Gasteiger partial charge in [-0.15, -0.1) is 0 Å². The summed E-state index contributed by atoms with van der Waals surface area (Å²) in [5.74, 6) is 0. The summed E-state index contributed by atoms with van der Waals surface area (Å²) in [6.07, 6.45) is 2.85. The van der Waals surface area contributed by atoms with E-state index in [-0.39, 0.29) is 12.2 Å². The van der Waals surface area contributed by atoms with Crippen LogP contribution in [-0.4, -0.2) is 18.4 Å². The van der Waals surface area contributed by atoms with Gasteiger partial charge in [0.2, 0.25) is 0 Å². The van der Waals surface area contributed by atoms with Crippen LogP contribution in [0.4, 0.5) is 0 Å². The van der Waals surface area contributed by atoms with Gasteiger partial charge in [-0.2, -0.15) is 0 Å². The summed E-state index contributed by atoms with van der Waals surface area (Å²) in [5.41, 5.74) is 10.7. The van der Waals surface area contributed by atoms with Gasteiger partial charge < -0.3 is 11.5 Å². The maximum absolute atomic E-state index is 5.36. The predicted molar refractivity (Wildman–Crippen MR) is 40.3 cm³/mol. The van der Waals surface area contributed by atoms with E-state index >= 15 is 0 Å². The Kier molecular flexibility index (Phi) is 3.92. The minimum absolute atomic E-state index is 0.0315. The molecule has 3 heteroatoms. The lowest BCUT2D eigenvalue weighted by Crippen LogP contribution is -2.20. The number of hydrogen-bond acceptors (Lipinski definition) is 3. The smallest absolute Gasteiger partial charge is 0.115 e. The van der Waals surface area contributed by atoms with E-state index in [0.29, 0.717) is 0 Å². The van der Waals surface area contributed by atoms with Gasteiger partial charge in [-0.3, -0.25) is 4.99 Å². The van der Waals surface area contributed by atoms with Crippen LogP contribution in [0.3, 0.4) is 0 Å². The van der Waals surface area contributed by atoms with E-state index in [4.69, 9.17) is 11.5 Å². The van der Waals surface area contributed by atoms with E-state index in [0.717, 1.165) is 0 Å². The average Bonchev–Trinajstić information content (AvgIpc) is 1.83. The molecule has 0 heterocycles. The second-order valence-corrected chi connectivity index (χ2v) is 1.88. The first-order valence-corrected chi connectivity index (χ1v) is 2.84. The molecule has 0 saturated heterocycles. The standard InChI is InChI=1S/C6H13N3/c1-3-6(8)9-4-5(2)7/h3-6H,1,7-8H2,2H3. The number of aliphatic imine (C=N–C) groups is 1. The van der Waals surface area contributed by atoms with E-state index in [9.17, 15) is 0 Å². The maximum atomic E-state index is 5.36. The summed E-state index contributed by atoms with van der Waals surface area (Å²) < 4.78 is 0. The molecule has 2 unspecified atom stereocenters. The molecule has 0 bridgehead atoms. The topological polar surface area (TPSA) is 64.4 Å². The van der Waals surface area contributed by atoms with Crippen molar-refractivity contribution in [3.8, 4) is 0 Å². The molecule has 3 nitrogen and oxygen atoms in total. The maximum Gasteiger partial charge on any atom is 0.115 e. The van der Waals surface area contributed by atoms with Crippen LogP contribution in [0.15, 0.2) is 17.6 Å². The molecular formula is C6H13N3. The lowest BCUT2D eigenvalue weighted by atomic mass is 10.4. The third-order valence-electron chi connectivity index (χ3n) is 0.735. The summed E-state index contributed by atoms with van der Waals surface area (Å²) in [4.78, 5) is 3.85. The Morgan fingerprint density at radius 2 is 2.11 bits per heavy atom. The van der Waals surface area contributed by atoms with Crippen molar-refractivity contribution in [3.63, 3.8) is 0 Å². The first-order chi connectivity index (χ1) is 4.16. The number of nitrogens with zero attached hydrogens (tertiary/aromatic N) is 1. The Morgan fingerprint density at radius 3 is 2.44 bits per heavy atom. The van der Waals surface area contributed by atoms with Crippen molar-refractivity contribution in [1.82, 2.24) is 0 Å². The van der Waals surface area contributed by atoms with Crippen LogP contribution in [0, 0.1) is 0 Å². The van der Waals surface area contributed by atoms with Crippen LogP contribution >= 0.6 is 0 Å². The number of hydrogen-bond donors (Lipinski definition) is 2. The molecule has 0 radical (unpaired) electrons. The minimum atomic E-state index is -0.309. The molecule has 0 spiro atoms. The highest BCUT2D eigenvalue weighted by Gasteiger charge is 1.88. The van der Waals surface area contributed by atoms with Crippen molar-refractivity contribution >= 4 is 6.21 Å². The van der Waals surface area contributed by atoms with Crippen molar-refractivity contribution in [3.05, 3.63) is 12.7 Å². The second kappa shape index (κ2) is 4.23. The number of rotatable bonds is 3. The Morgan fingerprint density at radius 1 is 1.56 bits per heavy atom. The molecule has 2 atom stereocenters. The van der Waals surface area contributed by atoms with E-state index in [1.165, 1.54) is 0 Å². The lowest BCUT2D eigenvalue weighted by molar-refractivity contribution is 0.866. The third-order valence-corrected chi connectivity index (χ3v) is 0.735. The molecule has 9 heavy (non-hydrogen) atoms. The van der Waals surface area contributed by atoms with Crippen molar-refractivity contribution < 1.29 is 0 Å². The Labute approximate surface area is 55.4 Å².